The number of imide groups is 1. The molecule has 2 heterocycles. The second-order valence-corrected chi connectivity index (χ2v) is 9.83. The lowest BCUT2D eigenvalue weighted by molar-refractivity contribution is -0.124. The number of rotatable bonds is 5. The first kappa shape index (κ1) is 19.2. The number of carbonyl (C=O) groups excluding carboxylic acids is 3. The van der Waals surface area contributed by atoms with Crippen molar-refractivity contribution in [2.75, 3.05) is 12.0 Å². The van der Waals surface area contributed by atoms with Crippen LogP contribution in [0, 0.1) is 35.5 Å². The van der Waals surface area contributed by atoms with Gasteiger partial charge < -0.3 is 9.47 Å². The highest BCUT2D eigenvalue weighted by atomic mass is 16.6. The highest BCUT2D eigenvalue weighted by Crippen LogP contribution is 2.65. The molecule has 6 aliphatic rings. The number of hydrogen-bond acceptors (Lipinski definition) is 5. The molecule has 2 aromatic carbocycles. The average molecular weight is 441 g/mol. The van der Waals surface area contributed by atoms with Crippen LogP contribution in [-0.2, 0) is 14.3 Å². The maximum Gasteiger partial charge on any atom is 0.238 e. The maximum atomic E-state index is 13.3. The minimum atomic E-state index is -0.518. The molecule has 6 heteroatoms. The Kier molecular flexibility index (Phi) is 3.87. The quantitative estimate of drug-likeness (QED) is 0.307. The first-order valence-corrected chi connectivity index (χ1v) is 11.6. The van der Waals surface area contributed by atoms with Gasteiger partial charge in [0.2, 0.25) is 11.8 Å². The van der Waals surface area contributed by atoms with Gasteiger partial charge >= 0.3 is 0 Å². The minimum absolute atomic E-state index is 0.0577. The molecule has 2 aromatic rings. The lowest BCUT2D eigenvalue weighted by Gasteiger charge is -2.37. The fourth-order valence-electron chi connectivity index (χ4n) is 6.51. The molecule has 8 rings (SSSR count). The summed E-state index contributed by atoms with van der Waals surface area (Å²) in [6, 6.07) is 14.3. The predicted molar refractivity (Wildman–Crippen MR) is 119 cm³/mol. The molecule has 0 N–H and O–H groups in total. The first-order valence-electron chi connectivity index (χ1n) is 11.6. The Morgan fingerprint density at radius 2 is 1.52 bits per heavy atom. The van der Waals surface area contributed by atoms with E-state index in [4.69, 9.17) is 9.47 Å². The van der Waals surface area contributed by atoms with Crippen molar-refractivity contribution in [1.29, 1.82) is 0 Å². The van der Waals surface area contributed by atoms with E-state index in [1.165, 1.54) is 4.90 Å². The van der Waals surface area contributed by atoms with Gasteiger partial charge in [-0.3, -0.25) is 19.3 Å². The number of methoxy groups -OCH3 is 1. The Hall–Kier alpha value is -3.25. The Labute approximate surface area is 191 Å². The molecule has 0 radical (unpaired) electrons. The summed E-state index contributed by atoms with van der Waals surface area (Å²) in [6.07, 6.45) is 4.69. The lowest BCUT2D eigenvalue weighted by atomic mass is 9.63. The van der Waals surface area contributed by atoms with Gasteiger partial charge in [0, 0.05) is 5.56 Å². The van der Waals surface area contributed by atoms with Crippen molar-refractivity contribution in [2.45, 2.75) is 18.6 Å². The lowest BCUT2D eigenvalue weighted by Crippen LogP contribution is -2.40. The van der Waals surface area contributed by atoms with Crippen LogP contribution in [-0.4, -0.2) is 30.8 Å². The van der Waals surface area contributed by atoms with Gasteiger partial charge in [-0.05, 0) is 72.1 Å². The van der Waals surface area contributed by atoms with E-state index < -0.39 is 6.10 Å². The van der Waals surface area contributed by atoms with Crippen molar-refractivity contribution in [3.05, 3.63) is 71.8 Å². The Morgan fingerprint density at radius 1 is 0.909 bits per heavy atom. The molecule has 2 saturated heterocycles. The minimum Gasteiger partial charge on any atom is -0.497 e. The van der Waals surface area contributed by atoms with Gasteiger partial charge in [-0.15, -0.1) is 0 Å². The SMILES string of the molecule is COc1ccc(C(=O)C2OC2c2ccc(N3C(=O)[C@@H]4[C@@H]5C=CC([C@H]6CC65)[C@@H]4C3=O)cc2)cc1. The molecule has 8 atom stereocenters. The zero-order valence-electron chi connectivity index (χ0n) is 18.1. The third-order valence-corrected chi connectivity index (χ3v) is 8.27. The Morgan fingerprint density at radius 3 is 2.09 bits per heavy atom. The number of nitrogens with zero attached hydrogens (tertiary/aromatic N) is 1. The summed E-state index contributed by atoms with van der Waals surface area (Å²) in [6.45, 7) is 0. The number of anilines is 1. The smallest absolute Gasteiger partial charge is 0.238 e. The second-order valence-electron chi connectivity index (χ2n) is 9.83. The number of epoxide rings is 1. The molecule has 2 saturated carbocycles. The number of hydrogen-bond donors (Lipinski definition) is 0. The molecule has 0 aromatic heterocycles. The van der Waals surface area contributed by atoms with Crippen molar-refractivity contribution < 1.29 is 23.9 Å². The summed E-state index contributed by atoms with van der Waals surface area (Å²) >= 11 is 0. The van der Waals surface area contributed by atoms with Gasteiger partial charge in [0.1, 0.15) is 11.9 Å². The molecule has 6 nitrogen and oxygen atoms in total. The zero-order chi connectivity index (χ0) is 22.4. The van der Waals surface area contributed by atoms with Crippen LogP contribution in [0.5, 0.6) is 5.75 Å². The van der Waals surface area contributed by atoms with Gasteiger partial charge in [-0.1, -0.05) is 24.3 Å². The van der Waals surface area contributed by atoms with Crippen LogP contribution in [0.3, 0.4) is 0 Å². The van der Waals surface area contributed by atoms with Crippen LogP contribution in [0.15, 0.2) is 60.7 Å². The van der Waals surface area contributed by atoms with Crippen LogP contribution in [0.2, 0.25) is 0 Å². The summed E-state index contributed by atoms with van der Waals surface area (Å²) in [5, 5.41) is 0. The fourth-order valence-corrected chi connectivity index (χ4v) is 6.51. The van der Waals surface area contributed by atoms with Crippen molar-refractivity contribution in [3.8, 4) is 5.75 Å². The van der Waals surface area contributed by atoms with E-state index in [0.717, 1.165) is 12.0 Å². The Balaban J connectivity index is 1.08. The molecule has 166 valence electrons. The Bertz CT molecular complexity index is 1180. The van der Waals surface area contributed by atoms with Crippen LogP contribution >= 0.6 is 0 Å². The molecule has 4 aliphatic carbocycles. The molecule has 33 heavy (non-hydrogen) atoms. The van der Waals surface area contributed by atoms with Crippen molar-refractivity contribution in [1.82, 2.24) is 0 Å². The molecular formula is C27H23NO5. The number of allylic oxidation sites excluding steroid dienone is 2. The predicted octanol–water partition coefficient (Wildman–Crippen LogP) is 3.58. The van der Waals surface area contributed by atoms with E-state index >= 15 is 0 Å². The third-order valence-electron chi connectivity index (χ3n) is 8.27. The largest absolute Gasteiger partial charge is 0.497 e. The standard InChI is InChI=1S/C27H23NO5/c1-32-16-8-4-13(5-9-16)23(29)25-24(33-25)14-2-6-15(7-3-14)28-26(30)21-17-10-11-18(20-12-19(17)20)22(21)27(28)31/h2-11,17-22,24-25H,12H2,1H3/t17-,18?,19?,20-,21-,22+,24?,25?/m1/s1. The van der Waals surface area contributed by atoms with E-state index in [1.54, 1.807) is 43.5 Å². The van der Waals surface area contributed by atoms with Crippen LogP contribution in [0.4, 0.5) is 5.69 Å². The molecule has 4 unspecified atom stereocenters. The van der Waals surface area contributed by atoms with Crippen LogP contribution in [0.25, 0.3) is 0 Å². The topological polar surface area (TPSA) is 76.2 Å². The molecule has 2 amide bonds. The van der Waals surface area contributed by atoms with Crippen molar-refractivity contribution >= 4 is 23.3 Å². The summed E-state index contributed by atoms with van der Waals surface area (Å²) < 4.78 is 10.8. The first-order chi connectivity index (χ1) is 16.1. The number of carbonyl (C=O) groups is 3. The summed E-state index contributed by atoms with van der Waals surface area (Å²) in [4.78, 5) is 40.7. The maximum absolute atomic E-state index is 13.3. The van der Waals surface area contributed by atoms with Gasteiger partial charge in [0.25, 0.3) is 0 Å². The molecule has 0 spiro atoms. The molecule has 2 bridgehead atoms. The number of ketones is 1. The van der Waals surface area contributed by atoms with Gasteiger partial charge in [0.05, 0.1) is 24.6 Å². The molecular weight excluding hydrogens is 418 g/mol. The fraction of sp³-hybridized carbons (Fsp3) is 0.370. The van der Waals surface area contributed by atoms with Gasteiger partial charge in [-0.25, -0.2) is 0 Å². The summed E-state index contributed by atoms with van der Waals surface area (Å²) in [7, 11) is 1.58. The molecule has 4 fully saturated rings. The van der Waals surface area contributed by atoms with Crippen molar-refractivity contribution in [2.24, 2.45) is 35.5 Å². The highest BCUT2D eigenvalue weighted by Gasteiger charge is 2.67. The van der Waals surface area contributed by atoms with Gasteiger partial charge in [0.15, 0.2) is 11.9 Å². The number of benzene rings is 2. The van der Waals surface area contributed by atoms with E-state index in [-0.39, 0.29) is 47.4 Å². The van der Waals surface area contributed by atoms with E-state index in [0.29, 0.717) is 28.8 Å². The average Bonchev–Trinajstić information content (AvgIpc) is 3.77. The van der Waals surface area contributed by atoms with Crippen LogP contribution < -0.4 is 9.64 Å². The van der Waals surface area contributed by atoms with Gasteiger partial charge in [-0.2, -0.15) is 0 Å². The highest BCUT2D eigenvalue weighted by molar-refractivity contribution is 6.22. The summed E-state index contributed by atoms with van der Waals surface area (Å²) in [5.74, 6) is 1.73. The van der Waals surface area contributed by atoms with E-state index in [9.17, 15) is 14.4 Å². The number of amides is 2. The second kappa shape index (κ2) is 6.64. The normalized spacial score (nSPS) is 37.1. The molecule has 2 aliphatic heterocycles. The van der Waals surface area contributed by atoms with E-state index in [2.05, 4.69) is 12.2 Å². The number of ether oxygens (including phenoxy) is 2. The number of Topliss-reactive ketones (excluding diaryl/α,β-unsaturated/α-hetero) is 1. The van der Waals surface area contributed by atoms with E-state index in [1.807, 2.05) is 12.1 Å². The zero-order valence-corrected chi connectivity index (χ0v) is 18.1. The van der Waals surface area contributed by atoms with Crippen LogP contribution in [0.1, 0.15) is 28.4 Å². The third kappa shape index (κ3) is 2.67. The monoisotopic (exact) mass is 441 g/mol. The van der Waals surface area contributed by atoms with Crippen molar-refractivity contribution in [3.63, 3.8) is 0 Å². The summed E-state index contributed by atoms with van der Waals surface area (Å²) in [5.41, 5.74) is 2.05.